The molecule has 3 nitrogen and oxygen atoms in total. The molecule has 0 aliphatic heterocycles. The minimum absolute atomic E-state index is 0.331. The molecule has 0 unspecified atom stereocenters. The molecule has 0 aromatic rings. The number of hydrogen-bond donors (Lipinski definition) is 0. The number of hydrogen-bond acceptors (Lipinski definition) is 3. The first kappa shape index (κ1) is 12.7. The molecule has 4 heteroatoms. The largest absolute Gasteiger partial charge is 0.328 e. The van der Waals surface area contributed by atoms with Gasteiger partial charge in [0, 0.05) is 18.7 Å². The molecule has 0 aromatic heterocycles. The van der Waals surface area contributed by atoms with Gasteiger partial charge < -0.3 is 4.52 Å². The van der Waals surface area contributed by atoms with Gasteiger partial charge in [0.2, 0.25) is 7.37 Å². The number of unbranched alkanes of at least 4 members (excludes halogenated alkanes) is 1. The van der Waals surface area contributed by atoms with Crippen molar-refractivity contribution in [2.75, 3.05) is 18.9 Å². The van der Waals surface area contributed by atoms with E-state index in [1.165, 1.54) is 0 Å². The van der Waals surface area contributed by atoms with Crippen molar-refractivity contribution in [1.29, 1.82) is 5.26 Å². The summed E-state index contributed by atoms with van der Waals surface area (Å²) in [7, 11) is -2.47. The molecule has 0 amide bonds. The maximum Gasteiger partial charge on any atom is 0.203 e. The maximum atomic E-state index is 11.8. The summed E-state index contributed by atoms with van der Waals surface area (Å²) in [5, 5.41) is 8.37. The van der Waals surface area contributed by atoms with E-state index in [9.17, 15) is 4.57 Å². The van der Waals surface area contributed by atoms with Crippen LogP contribution in [-0.4, -0.2) is 18.9 Å². The molecule has 1 atom stereocenters. The Morgan fingerprint density at radius 2 is 2.15 bits per heavy atom. The smallest absolute Gasteiger partial charge is 0.203 e. The highest BCUT2D eigenvalue weighted by molar-refractivity contribution is 7.58. The molecular weight excluding hydrogens is 185 g/mol. The summed E-state index contributed by atoms with van der Waals surface area (Å²) in [5.74, 6) is 0. The maximum absolute atomic E-state index is 11.8. The van der Waals surface area contributed by atoms with Crippen molar-refractivity contribution < 1.29 is 9.09 Å². The highest BCUT2D eigenvalue weighted by atomic mass is 31.2. The van der Waals surface area contributed by atoms with Crippen LogP contribution in [0.15, 0.2) is 0 Å². The Kier molecular flexibility index (Phi) is 6.94. The minimum atomic E-state index is -2.47. The summed E-state index contributed by atoms with van der Waals surface area (Å²) in [6.45, 7) is 4.48. The zero-order chi connectivity index (χ0) is 10.2. The van der Waals surface area contributed by atoms with Gasteiger partial charge in [-0.25, -0.2) is 0 Å². The molecule has 0 radical (unpaired) electrons. The summed E-state index contributed by atoms with van der Waals surface area (Å²) in [5.41, 5.74) is 0. The standard InChI is InChI=1S/C9H18NO2P/c1-3-5-8-12-13(11,4-2)9-6-7-10/h3-6,8-9H2,1-2H3/t13-/m1/s1. The van der Waals surface area contributed by atoms with Crippen LogP contribution in [0.4, 0.5) is 0 Å². The Labute approximate surface area is 80.5 Å². The Morgan fingerprint density at radius 3 is 2.62 bits per heavy atom. The molecule has 0 saturated carbocycles. The molecule has 0 aromatic carbocycles. The molecule has 0 heterocycles. The first-order chi connectivity index (χ1) is 6.18. The summed E-state index contributed by atoms with van der Waals surface area (Å²) >= 11 is 0. The minimum Gasteiger partial charge on any atom is -0.328 e. The lowest BCUT2D eigenvalue weighted by molar-refractivity contribution is 0.306. The van der Waals surface area contributed by atoms with E-state index in [4.69, 9.17) is 9.79 Å². The monoisotopic (exact) mass is 203 g/mol. The number of nitriles is 1. The van der Waals surface area contributed by atoms with Gasteiger partial charge in [0.05, 0.1) is 12.7 Å². The lowest BCUT2D eigenvalue weighted by atomic mass is 10.4. The lowest BCUT2D eigenvalue weighted by Crippen LogP contribution is -1.99. The van der Waals surface area contributed by atoms with Crippen molar-refractivity contribution in [2.24, 2.45) is 0 Å². The number of nitrogens with zero attached hydrogens (tertiary/aromatic N) is 1. The van der Waals surface area contributed by atoms with Gasteiger partial charge in [-0.3, -0.25) is 4.57 Å². The number of rotatable bonds is 7. The average Bonchev–Trinajstić information content (AvgIpc) is 2.15. The zero-order valence-corrected chi connectivity index (χ0v) is 9.35. The van der Waals surface area contributed by atoms with E-state index < -0.39 is 7.37 Å². The van der Waals surface area contributed by atoms with E-state index in [1.54, 1.807) is 0 Å². The third-order valence-corrected chi connectivity index (χ3v) is 4.39. The Morgan fingerprint density at radius 1 is 1.46 bits per heavy atom. The van der Waals surface area contributed by atoms with Gasteiger partial charge in [0.1, 0.15) is 0 Å². The van der Waals surface area contributed by atoms with Gasteiger partial charge in [-0.05, 0) is 6.42 Å². The second-order valence-electron chi connectivity index (χ2n) is 2.95. The fourth-order valence-electron chi connectivity index (χ4n) is 0.910. The Hall–Kier alpha value is -0.320. The van der Waals surface area contributed by atoms with Gasteiger partial charge in [0.25, 0.3) is 0 Å². The zero-order valence-electron chi connectivity index (χ0n) is 8.45. The predicted octanol–water partition coefficient (Wildman–Crippen LogP) is 3.01. The molecule has 0 fully saturated rings. The van der Waals surface area contributed by atoms with Crippen LogP contribution >= 0.6 is 7.37 Å². The van der Waals surface area contributed by atoms with Crippen molar-refractivity contribution in [2.45, 2.75) is 33.1 Å². The van der Waals surface area contributed by atoms with Crippen molar-refractivity contribution in [3.8, 4) is 6.07 Å². The van der Waals surface area contributed by atoms with Crippen molar-refractivity contribution in [3.63, 3.8) is 0 Å². The van der Waals surface area contributed by atoms with E-state index in [2.05, 4.69) is 6.92 Å². The summed E-state index contributed by atoms with van der Waals surface area (Å²) < 4.78 is 17.2. The topological polar surface area (TPSA) is 50.1 Å². The van der Waals surface area contributed by atoms with Gasteiger partial charge >= 0.3 is 0 Å². The molecule has 0 aliphatic rings. The molecule has 0 spiro atoms. The predicted molar refractivity (Wildman–Crippen MR) is 54.1 cm³/mol. The van der Waals surface area contributed by atoms with E-state index in [-0.39, 0.29) is 0 Å². The fourth-order valence-corrected chi connectivity index (χ4v) is 2.44. The van der Waals surface area contributed by atoms with Crippen LogP contribution in [0.3, 0.4) is 0 Å². The second kappa shape index (κ2) is 7.12. The lowest BCUT2D eigenvalue weighted by Gasteiger charge is -2.14. The SMILES string of the molecule is CCCCO[P@](=O)(CC)CCC#N. The molecule has 0 saturated heterocycles. The molecule has 76 valence electrons. The quantitative estimate of drug-likeness (QED) is 0.472. The van der Waals surface area contributed by atoms with Crippen molar-refractivity contribution >= 4 is 7.37 Å². The van der Waals surface area contributed by atoms with E-state index in [0.29, 0.717) is 25.4 Å². The third kappa shape index (κ3) is 5.85. The van der Waals surface area contributed by atoms with Gasteiger partial charge in [-0.1, -0.05) is 20.3 Å². The summed E-state index contributed by atoms with van der Waals surface area (Å²) in [4.78, 5) is 0. The van der Waals surface area contributed by atoms with E-state index in [1.807, 2.05) is 13.0 Å². The van der Waals surface area contributed by atoms with Crippen molar-refractivity contribution in [3.05, 3.63) is 0 Å². The third-order valence-electron chi connectivity index (χ3n) is 1.87. The summed E-state index contributed by atoms with van der Waals surface area (Å²) in [6, 6.07) is 2.00. The van der Waals surface area contributed by atoms with E-state index in [0.717, 1.165) is 12.8 Å². The fraction of sp³-hybridized carbons (Fsp3) is 0.889. The molecule has 0 bridgehead atoms. The molecule has 13 heavy (non-hydrogen) atoms. The van der Waals surface area contributed by atoms with Crippen LogP contribution < -0.4 is 0 Å². The van der Waals surface area contributed by atoms with Crippen LogP contribution in [-0.2, 0) is 9.09 Å². The van der Waals surface area contributed by atoms with Crippen LogP contribution in [0.2, 0.25) is 0 Å². The molecule has 0 aliphatic carbocycles. The molecule has 0 rings (SSSR count). The van der Waals surface area contributed by atoms with Crippen LogP contribution in [0.5, 0.6) is 0 Å². The molecule has 0 N–H and O–H groups in total. The van der Waals surface area contributed by atoms with Crippen LogP contribution in [0.25, 0.3) is 0 Å². The Bertz CT molecular complexity index is 210. The van der Waals surface area contributed by atoms with Gasteiger partial charge in [-0.15, -0.1) is 0 Å². The van der Waals surface area contributed by atoms with Crippen LogP contribution in [0.1, 0.15) is 33.1 Å². The summed E-state index contributed by atoms with van der Waals surface area (Å²) in [6.07, 6.45) is 3.26. The van der Waals surface area contributed by atoms with Crippen molar-refractivity contribution in [1.82, 2.24) is 0 Å². The Balaban J connectivity index is 3.83. The van der Waals surface area contributed by atoms with E-state index >= 15 is 0 Å². The van der Waals surface area contributed by atoms with Gasteiger partial charge in [0.15, 0.2) is 0 Å². The average molecular weight is 203 g/mol. The van der Waals surface area contributed by atoms with Gasteiger partial charge in [-0.2, -0.15) is 5.26 Å². The highest BCUT2D eigenvalue weighted by Gasteiger charge is 2.19. The first-order valence-electron chi connectivity index (χ1n) is 4.78. The molecular formula is C9H18NO2P. The first-order valence-corrected chi connectivity index (χ1v) is 6.77. The normalized spacial score (nSPS) is 14.8. The second-order valence-corrected chi connectivity index (χ2v) is 5.92. The highest BCUT2D eigenvalue weighted by Crippen LogP contribution is 2.46. The van der Waals surface area contributed by atoms with Crippen LogP contribution in [0, 0.1) is 11.3 Å².